The van der Waals surface area contributed by atoms with Gasteiger partial charge in [0, 0.05) is 6.04 Å². The molecule has 0 heterocycles. The quantitative estimate of drug-likeness (QED) is 0.684. The van der Waals surface area contributed by atoms with Crippen LogP contribution in [0.2, 0.25) is 0 Å². The van der Waals surface area contributed by atoms with Crippen LogP contribution >= 0.6 is 0 Å². The van der Waals surface area contributed by atoms with Gasteiger partial charge in [0.2, 0.25) is 11.8 Å². The molecule has 1 aliphatic carbocycles. The van der Waals surface area contributed by atoms with Crippen molar-refractivity contribution in [1.29, 1.82) is 0 Å². The minimum atomic E-state index is -0.555. The largest absolute Gasteiger partial charge is 0.352 e. The fourth-order valence-corrected chi connectivity index (χ4v) is 2.73. The second-order valence-corrected chi connectivity index (χ2v) is 6.11. The van der Waals surface area contributed by atoms with E-state index in [0.717, 1.165) is 12.8 Å². The molecule has 0 aromatic carbocycles. The fraction of sp³-hybridized carbons (Fsp3) is 0.867. The molecule has 2 unspecified atom stereocenters. The predicted molar refractivity (Wildman–Crippen MR) is 80.0 cm³/mol. The normalized spacial score (nSPS) is 24.2. The van der Waals surface area contributed by atoms with Crippen molar-refractivity contribution in [2.24, 2.45) is 17.6 Å². The van der Waals surface area contributed by atoms with E-state index in [1.54, 1.807) is 0 Å². The van der Waals surface area contributed by atoms with Gasteiger partial charge in [0.1, 0.15) is 0 Å². The summed E-state index contributed by atoms with van der Waals surface area (Å²) in [5.74, 6) is 0.271. The Morgan fingerprint density at radius 3 is 2.50 bits per heavy atom. The van der Waals surface area contributed by atoms with E-state index in [9.17, 15) is 9.59 Å². The lowest BCUT2D eigenvalue weighted by atomic mass is 9.83. The molecule has 0 radical (unpaired) electrons. The van der Waals surface area contributed by atoms with Gasteiger partial charge < -0.3 is 16.4 Å². The summed E-state index contributed by atoms with van der Waals surface area (Å²) >= 11 is 0. The molecule has 0 saturated heterocycles. The van der Waals surface area contributed by atoms with Crippen molar-refractivity contribution < 1.29 is 9.59 Å². The second-order valence-electron chi connectivity index (χ2n) is 6.11. The Hall–Kier alpha value is -1.10. The first-order chi connectivity index (χ1) is 9.45. The van der Waals surface area contributed by atoms with E-state index >= 15 is 0 Å². The van der Waals surface area contributed by atoms with Crippen molar-refractivity contribution in [1.82, 2.24) is 10.6 Å². The van der Waals surface area contributed by atoms with Gasteiger partial charge >= 0.3 is 0 Å². The molecule has 1 rings (SSSR count). The van der Waals surface area contributed by atoms with Gasteiger partial charge in [-0.05, 0) is 24.7 Å². The number of hydrogen-bond acceptors (Lipinski definition) is 3. The van der Waals surface area contributed by atoms with Gasteiger partial charge in [0.25, 0.3) is 0 Å². The van der Waals surface area contributed by atoms with E-state index < -0.39 is 6.04 Å². The van der Waals surface area contributed by atoms with E-state index in [1.807, 2.05) is 13.8 Å². The molecular weight excluding hydrogens is 254 g/mol. The van der Waals surface area contributed by atoms with Gasteiger partial charge in [-0.1, -0.05) is 40.0 Å². The molecule has 1 saturated carbocycles. The molecular formula is C15H29N3O2. The summed E-state index contributed by atoms with van der Waals surface area (Å²) in [5.41, 5.74) is 5.73. The lowest BCUT2D eigenvalue weighted by molar-refractivity contribution is -0.127. The van der Waals surface area contributed by atoms with Crippen molar-refractivity contribution >= 4 is 11.8 Å². The Balaban J connectivity index is 2.34. The van der Waals surface area contributed by atoms with E-state index in [-0.39, 0.29) is 30.3 Å². The number of carbonyl (C=O) groups excluding carboxylic acids is 2. The van der Waals surface area contributed by atoms with Crippen LogP contribution in [-0.4, -0.2) is 30.4 Å². The Bertz CT molecular complexity index is 331. The monoisotopic (exact) mass is 283 g/mol. The van der Waals surface area contributed by atoms with Gasteiger partial charge in [-0.2, -0.15) is 0 Å². The first-order valence-electron chi connectivity index (χ1n) is 7.78. The van der Waals surface area contributed by atoms with Gasteiger partial charge in [-0.3, -0.25) is 9.59 Å². The minimum Gasteiger partial charge on any atom is -0.352 e. The number of nitrogens with two attached hydrogens (primary N) is 1. The molecule has 2 amide bonds. The van der Waals surface area contributed by atoms with E-state index in [1.165, 1.54) is 19.3 Å². The number of hydrogen-bond donors (Lipinski definition) is 3. The average Bonchev–Trinajstić information content (AvgIpc) is 2.44. The maximum Gasteiger partial charge on any atom is 0.239 e. The van der Waals surface area contributed by atoms with Gasteiger partial charge in [0.05, 0.1) is 12.6 Å². The van der Waals surface area contributed by atoms with Crippen molar-refractivity contribution in [2.45, 2.75) is 65.0 Å². The molecule has 0 aromatic heterocycles. The summed E-state index contributed by atoms with van der Waals surface area (Å²) in [6, 6.07) is -0.294. The van der Waals surface area contributed by atoms with Gasteiger partial charge in [0.15, 0.2) is 0 Å². The molecule has 1 fully saturated rings. The van der Waals surface area contributed by atoms with Crippen LogP contribution in [0.4, 0.5) is 0 Å². The Morgan fingerprint density at radius 1 is 1.25 bits per heavy atom. The maximum atomic E-state index is 11.9. The summed E-state index contributed by atoms with van der Waals surface area (Å²) in [4.78, 5) is 23.6. The Labute approximate surface area is 122 Å². The zero-order chi connectivity index (χ0) is 15.1. The molecule has 0 aromatic rings. The van der Waals surface area contributed by atoms with Crippen LogP contribution < -0.4 is 16.4 Å². The summed E-state index contributed by atoms with van der Waals surface area (Å²) in [6.07, 6.45) is 5.75. The number of nitrogens with one attached hydrogen (secondary N) is 2. The SMILES string of the molecule is CCC1CCCCC1NC(=O)CNC(=O)[C@@H](N)C(C)C. The van der Waals surface area contributed by atoms with E-state index in [2.05, 4.69) is 17.6 Å². The Morgan fingerprint density at radius 2 is 1.90 bits per heavy atom. The standard InChI is InChI=1S/C15H29N3O2/c1-4-11-7-5-6-8-12(11)18-13(19)9-17-15(20)14(16)10(2)3/h10-12,14H,4-9,16H2,1-3H3,(H,17,20)(H,18,19)/t11?,12?,14-/m0/s1. The molecule has 4 N–H and O–H groups in total. The molecule has 5 nitrogen and oxygen atoms in total. The summed E-state index contributed by atoms with van der Waals surface area (Å²) < 4.78 is 0. The van der Waals surface area contributed by atoms with Crippen molar-refractivity contribution in [2.75, 3.05) is 6.54 Å². The Kier molecular flexibility index (Phi) is 6.99. The van der Waals surface area contributed by atoms with Crippen LogP contribution in [0.25, 0.3) is 0 Å². The number of carbonyl (C=O) groups is 2. The average molecular weight is 283 g/mol. The van der Waals surface area contributed by atoms with Crippen molar-refractivity contribution in [3.63, 3.8) is 0 Å². The van der Waals surface area contributed by atoms with E-state index in [0.29, 0.717) is 5.92 Å². The molecule has 3 atom stereocenters. The molecule has 0 aliphatic heterocycles. The van der Waals surface area contributed by atoms with Crippen molar-refractivity contribution in [3.8, 4) is 0 Å². The summed E-state index contributed by atoms with van der Waals surface area (Å²) in [5, 5.41) is 5.66. The molecule has 116 valence electrons. The molecule has 20 heavy (non-hydrogen) atoms. The molecule has 1 aliphatic rings. The third kappa shape index (κ3) is 5.12. The predicted octanol–water partition coefficient (Wildman–Crippen LogP) is 1.17. The smallest absolute Gasteiger partial charge is 0.239 e. The van der Waals surface area contributed by atoms with Gasteiger partial charge in [-0.15, -0.1) is 0 Å². The topological polar surface area (TPSA) is 84.2 Å². The summed E-state index contributed by atoms with van der Waals surface area (Å²) in [7, 11) is 0. The third-order valence-corrected chi connectivity index (χ3v) is 4.22. The first-order valence-corrected chi connectivity index (χ1v) is 7.78. The van der Waals surface area contributed by atoms with Gasteiger partial charge in [-0.25, -0.2) is 0 Å². The zero-order valence-electron chi connectivity index (χ0n) is 12.9. The lowest BCUT2D eigenvalue weighted by Crippen LogP contribution is -2.49. The van der Waals surface area contributed by atoms with E-state index in [4.69, 9.17) is 5.73 Å². The zero-order valence-corrected chi connectivity index (χ0v) is 12.9. The number of rotatable bonds is 6. The lowest BCUT2D eigenvalue weighted by Gasteiger charge is -2.31. The van der Waals surface area contributed by atoms with Crippen LogP contribution in [0.1, 0.15) is 52.9 Å². The first kappa shape index (κ1) is 17.0. The van der Waals surface area contributed by atoms with Crippen LogP contribution in [0.5, 0.6) is 0 Å². The maximum absolute atomic E-state index is 11.9. The molecule has 0 bridgehead atoms. The van der Waals surface area contributed by atoms with Crippen LogP contribution in [0, 0.1) is 11.8 Å². The fourth-order valence-electron chi connectivity index (χ4n) is 2.73. The second kappa shape index (κ2) is 8.25. The van der Waals surface area contributed by atoms with Crippen LogP contribution in [0.3, 0.4) is 0 Å². The highest BCUT2D eigenvalue weighted by Gasteiger charge is 2.25. The highest BCUT2D eigenvalue weighted by molar-refractivity contribution is 5.87. The molecule has 0 spiro atoms. The highest BCUT2D eigenvalue weighted by Crippen LogP contribution is 2.26. The number of amides is 2. The van der Waals surface area contributed by atoms with Crippen LogP contribution in [0.15, 0.2) is 0 Å². The van der Waals surface area contributed by atoms with Crippen molar-refractivity contribution in [3.05, 3.63) is 0 Å². The minimum absolute atomic E-state index is 0.0200. The summed E-state index contributed by atoms with van der Waals surface area (Å²) in [6.45, 7) is 5.96. The third-order valence-electron chi connectivity index (χ3n) is 4.22. The van der Waals surface area contributed by atoms with Crippen LogP contribution in [-0.2, 0) is 9.59 Å². The highest BCUT2D eigenvalue weighted by atomic mass is 16.2. The molecule has 5 heteroatoms.